The number of carbonyl (C=O) groups is 1. The average molecular weight is 289 g/mol. The first-order valence-electron chi connectivity index (χ1n) is 6.96. The number of carbonyl (C=O) groups excluding carboxylic acids is 1. The van der Waals surface area contributed by atoms with Crippen LogP contribution in [-0.4, -0.2) is 29.7 Å². The summed E-state index contributed by atoms with van der Waals surface area (Å²) in [5.74, 6) is 1.81. The SMILES string of the molecule is CCCC(=O)NCCc1nc(-c2cccc(OC)c2)no1. The summed E-state index contributed by atoms with van der Waals surface area (Å²) >= 11 is 0. The molecule has 1 amide bonds. The molecule has 0 aliphatic carbocycles. The zero-order chi connectivity index (χ0) is 15.1. The Labute approximate surface area is 123 Å². The van der Waals surface area contributed by atoms with Gasteiger partial charge in [-0.2, -0.15) is 4.98 Å². The molecule has 6 nitrogen and oxygen atoms in total. The van der Waals surface area contributed by atoms with Gasteiger partial charge in [0.05, 0.1) is 7.11 Å². The maximum absolute atomic E-state index is 11.3. The molecular formula is C15H19N3O3. The number of aromatic nitrogens is 2. The van der Waals surface area contributed by atoms with Crippen molar-refractivity contribution < 1.29 is 14.1 Å². The highest BCUT2D eigenvalue weighted by atomic mass is 16.5. The Kier molecular flexibility index (Phi) is 5.31. The van der Waals surface area contributed by atoms with Gasteiger partial charge in [0, 0.05) is 24.9 Å². The van der Waals surface area contributed by atoms with E-state index in [9.17, 15) is 4.79 Å². The van der Waals surface area contributed by atoms with E-state index in [1.54, 1.807) is 7.11 Å². The highest BCUT2D eigenvalue weighted by Crippen LogP contribution is 2.21. The summed E-state index contributed by atoms with van der Waals surface area (Å²) < 4.78 is 10.3. The number of benzene rings is 1. The largest absolute Gasteiger partial charge is 0.497 e. The summed E-state index contributed by atoms with van der Waals surface area (Å²) in [7, 11) is 1.61. The topological polar surface area (TPSA) is 77.2 Å². The Balaban J connectivity index is 1.93. The molecule has 0 aliphatic rings. The van der Waals surface area contributed by atoms with Crippen LogP contribution in [0.25, 0.3) is 11.4 Å². The maximum Gasteiger partial charge on any atom is 0.228 e. The van der Waals surface area contributed by atoms with E-state index in [0.29, 0.717) is 31.1 Å². The van der Waals surface area contributed by atoms with Crippen LogP contribution in [0.1, 0.15) is 25.7 Å². The highest BCUT2D eigenvalue weighted by Gasteiger charge is 2.09. The Morgan fingerprint density at radius 3 is 3.05 bits per heavy atom. The van der Waals surface area contributed by atoms with Crippen LogP contribution in [0.2, 0.25) is 0 Å². The van der Waals surface area contributed by atoms with E-state index in [0.717, 1.165) is 17.7 Å². The van der Waals surface area contributed by atoms with Crippen molar-refractivity contribution in [2.45, 2.75) is 26.2 Å². The van der Waals surface area contributed by atoms with Crippen molar-refractivity contribution in [1.82, 2.24) is 15.5 Å². The molecule has 6 heteroatoms. The fraction of sp³-hybridized carbons (Fsp3) is 0.400. The predicted molar refractivity (Wildman–Crippen MR) is 77.9 cm³/mol. The number of methoxy groups -OCH3 is 1. The molecule has 0 aliphatic heterocycles. The van der Waals surface area contributed by atoms with E-state index < -0.39 is 0 Å². The fourth-order valence-electron chi connectivity index (χ4n) is 1.86. The Bertz CT molecular complexity index is 595. The molecular weight excluding hydrogens is 270 g/mol. The van der Waals surface area contributed by atoms with Gasteiger partial charge in [0.2, 0.25) is 17.6 Å². The van der Waals surface area contributed by atoms with Gasteiger partial charge in [-0.25, -0.2) is 0 Å². The lowest BCUT2D eigenvalue weighted by Crippen LogP contribution is -2.25. The van der Waals surface area contributed by atoms with Crippen LogP contribution in [0, 0.1) is 0 Å². The second-order valence-corrected chi connectivity index (χ2v) is 4.59. The molecule has 2 rings (SSSR count). The van der Waals surface area contributed by atoms with Crippen LogP contribution in [0.3, 0.4) is 0 Å². The quantitative estimate of drug-likeness (QED) is 0.845. The molecule has 112 valence electrons. The molecule has 1 aromatic carbocycles. The number of hydrogen-bond acceptors (Lipinski definition) is 5. The lowest BCUT2D eigenvalue weighted by molar-refractivity contribution is -0.121. The van der Waals surface area contributed by atoms with Crippen LogP contribution in [0.4, 0.5) is 0 Å². The van der Waals surface area contributed by atoms with Gasteiger partial charge in [-0.3, -0.25) is 4.79 Å². The minimum absolute atomic E-state index is 0.0463. The van der Waals surface area contributed by atoms with Gasteiger partial charge in [0.1, 0.15) is 5.75 Å². The summed E-state index contributed by atoms with van der Waals surface area (Å²) in [5.41, 5.74) is 0.833. The number of rotatable bonds is 7. The molecule has 1 aromatic heterocycles. The molecule has 0 unspecified atom stereocenters. The average Bonchev–Trinajstić information content (AvgIpc) is 2.96. The molecule has 0 saturated heterocycles. The normalized spacial score (nSPS) is 10.4. The third-order valence-corrected chi connectivity index (χ3v) is 2.93. The van der Waals surface area contributed by atoms with E-state index in [1.165, 1.54) is 0 Å². The highest BCUT2D eigenvalue weighted by molar-refractivity contribution is 5.75. The lowest BCUT2D eigenvalue weighted by Gasteiger charge is -2.01. The fourth-order valence-corrected chi connectivity index (χ4v) is 1.86. The van der Waals surface area contributed by atoms with E-state index in [-0.39, 0.29) is 5.91 Å². The van der Waals surface area contributed by atoms with Crippen LogP contribution in [0.5, 0.6) is 5.75 Å². The molecule has 0 radical (unpaired) electrons. The van der Waals surface area contributed by atoms with Crippen LogP contribution in [-0.2, 0) is 11.2 Å². The molecule has 21 heavy (non-hydrogen) atoms. The minimum Gasteiger partial charge on any atom is -0.497 e. The first-order chi connectivity index (χ1) is 10.2. The molecule has 0 fully saturated rings. The third kappa shape index (κ3) is 4.30. The number of hydrogen-bond donors (Lipinski definition) is 1. The molecule has 0 saturated carbocycles. The first kappa shape index (κ1) is 15.0. The minimum atomic E-state index is 0.0463. The van der Waals surface area contributed by atoms with Gasteiger partial charge in [0.25, 0.3) is 0 Å². The lowest BCUT2D eigenvalue weighted by atomic mass is 10.2. The Hall–Kier alpha value is -2.37. The van der Waals surface area contributed by atoms with Crippen molar-refractivity contribution in [3.05, 3.63) is 30.2 Å². The molecule has 2 aromatic rings. The number of amides is 1. The number of ether oxygens (including phenoxy) is 1. The van der Waals surface area contributed by atoms with Crippen LogP contribution >= 0.6 is 0 Å². The molecule has 1 heterocycles. The first-order valence-corrected chi connectivity index (χ1v) is 6.96. The smallest absolute Gasteiger partial charge is 0.228 e. The molecule has 0 atom stereocenters. The van der Waals surface area contributed by atoms with E-state index in [4.69, 9.17) is 9.26 Å². The maximum atomic E-state index is 11.3. The van der Waals surface area contributed by atoms with Crippen molar-refractivity contribution in [2.24, 2.45) is 0 Å². The summed E-state index contributed by atoms with van der Waals surface area (Å²) in [6, 6.07) is 7.46. The third-order valence-electron chi connectivity index (χ3n) is 2.93. The van der Waals surface area contributed by atoms with Crippen LogP contribution < -0.4 is 10.1 Å². The van der Waals surface area contributed by atoms with Crippen molar-refractivity contribution >= 4 is 5.91 Å². The summed E-state index contributed by atoms with van der Waals surface area (Å²) in [5, 5.41) is 6.75. The summed E-state index contributed by atoms with van der Waals surface area (Å²) in [4.78, 5) is 15.7. The zero-order valence-corrected chi connectivity index (χ0v) is 12.3. The Morgan fingerprint density at radius 2 is 2.29 bits per heavy atom. The molecule has 0 spiro atoms. The van der Waals surface area contributed by atoms with Gasteiger partial charge >= 0.3 is 0 Å². The van der Waals surface area contributed by atoms with E-state index >= 15 is 0 Å². The van der Waals surface area contributed by atoms with Gasteiger partial charge in [-0.05, 0) is 18.6 Å². The summed E-state index contributed by atoms with van der Waals surface area (Å²) in [6.07, 6.45) is 1.90. The second kappa shape index (κ2) is 7.42. The van der Waals surface area contributed by atoms with Crippen molar-refractivity contribution in [1.29, 1.82) is 0 Å². The van der Waals surface area contributed by atoms with Crippen molar-refractivity contribution in [3.63, 3.8) is 0 Å². The van der Waals surface area contributed by atoms with Crippen molar-refractivity contribution in [2.75, 3.05) is 13.7 Å². The van der Waals surface area contributed by atoms with Gasteiger partial charge in [-0.1, -0.05) is 24.2 Å². The summed E-state index contributed by atoms with van der Waals surface area (Å²) in [6.45, 7) is 2.47. The van der Waals surface area contributed by atoms with E-state index in [1.807, 2.05) is 31.2 Å². The van der Waals surface area contributed by atoms with Crippen LogP contribution in [0.15, 0.2) is 28.8 Å². The van der Waals surface area contributed by atoms with Gasteiger partial charge in [-0.15, -0.1) is 0 Å². The van der Waals surface area contributed by atoms with Gasteiger partial charge in [0.15, 0.2) is 0 Å². The molecule has 1 N–H and O–H groups in total. The zero-order valence-electron chi connectivity index (χ0n) is 12.3. The predicted octanol–water partition coefficient (Wildman–Crippen LogP) is 2.20. The van der Waals surface area contributed by atoms with Crippen molar-refractivity contribution in [3.8, 4) is 17.1 Å². The Morgan fingerprint density at radius 1 is 1.43 bits per heavy atom. The van der Waals surface area contributed by atoms with E-state index in [2.05, 4.69) is 15.5 Å². The van der Waals surface area contributed by atoms with Gasteiger partial charge < -0.3 is 14.6 Å². The monoisotopic (exact) mass is 289 g/mol. The number of nitrogens with zero attached hydrogens (tertiary/aromatic N) is 2. The molecule has 0 bridgehead atoms. The second-order valence-electron chi connectivity index (χ2n) is 4.59. The number of nitrogens with one attached hydrogen (secondary N) is 1. The standard InChI is InChI=1S/C15H19N3O3/c1-3-5-13(19)16-9-8-14-17-15(18-21-14)11-6-4-7-12(10-11)20-2/h4,6-7,10H,3,5,8-9H2,1-2H3,(H,16,19).